The maximum Gasteiger partial charge on any atom is 0.249 e. The standard InChI is InChI=1S/C22H20FN7O.H2S/c1-12(14-3-4-16(23)20-15(22(24)31)5-6-25-21(14)20)8-28-19-7-17(29-11-30-19)18-10-26-13(2)9-27-18;/h3-7,9-12H,8H2,1-2H3,(H2,24,31)(H,28,29,30);1H2/t12-;/m1./s1. The number of carbonyl (C=O) groups excluding carboxylic acids is 1. The number of nitrogens with zero attached hydrogens (tertiary/aromatic N) is 5. The Morgan fingerprint density at radius 2 is 1.91 bits per heavy atom. The highest BCUT2D eigenvalue weighted by atomic mass is 32.1. The molecule has 0 unspecified atom stereocenters. The lowest BCUT2D eigenvalue weighted by molar-refractivity contribution is 0.100. The van der Waals surface area contributed by atoms with Gasteiger partial charge in [0.25, 0.3) is 0 Å². The number of halogens is 1. The normalized spacial score (nSPS) is 11.6. The van der Waals surface area contributed by atoms with Crippen molar-refractivity contribution >= 4 is 36.1 Å². The topological polar surface area (TPSA) is 120 Å². The number of nitrogens with one attached hydrogen (secondary N) is 1. The Kier molecular flexibility index (Phi) is 6.94. The summed E-state index contributed by atoms with van der Waals surface area (Å²) in [6.07, 6.45) is 6.26. The Morgan fingerprint density at radius 1 is 1.09 bits per heavy atom. The quantitative estimate of drug-likeness (QED) is 0.461. The molecule has 0 radical (unpaired) electrons. The van der Waals surface area contributed by atoms with E-state index in [1.54, 1.807) is 24.5 Å². The van der Waals surface area contributed by atoms with Crippen LogP contribution in [-0.2, 0) is 0 Å². The number of carbonyl (C=O) groups is 1. The SMILES string of the molecule is Cc1cnc(-c2cc(NC[C@@H](C)c3ccc(F)c4c(C(N)=O)ccnc34)ncn2)cn1.S. The van der Waals surface area contributed by atoms with Gasteiger partial charge in [0.2, 0.25) is 5.91 Å². The fourth-order valence-electron chi connectivity index (χ4n) is 3.34. The summed E-state index contributed by atoms with van der Waals surface area (Å²) < 4.78 is 14.4. The van der Waals surface area contributed by atoms with Gasteiger partial charge in [-0.1, -0.05) is 13.0 Å². The summed E-state index contributed by atoms with van der Waals surface area (Å²) in [6.45, 7) is 4.34. The number of anilines is 1. The molecule has 4 aromatic rings. The molecule has 164 valence electrons. The van der Waals surface area contributed by atoms with Crippen LogP contribution >= 0.6 is 13.5 Å². The van der Waals surface area contributed by atoms with E-state index in [4.69, 9.17) is 5.73 Å². The average molecular weight is 452 g/mol. The predicted molar refractivity (Wildman–Crippen MR) is 125 cm³/mol. The predicted octanol–water partition coefficient (Wildman–Crippen LogP) is 3.36. The highest BCUT2D eigenvalue weighted by Gasteiger charge is 2.18. The highest BCUT2D eigenvalue weighted by Crippen LogP contribution is 2.28. The Bertz CT molecular complexity index is 1270. The largest absolute Gasteiger partial charge is 0.369 e. The zero-order chi connectivity index (χ0) is 22.0. The van der Waals surface area contributed by atoms with Gasteiger partial charge in [0.15, 0.2) is 0 Å². The van der Waals surface area contributed by atoms with E-state index in [1.807, 2.05) is 13.8 Å². The number of hydrogen-bond acceptors (Lipinski definition) is 7. The number of hydrogen-bond donors (Lipinski definition) is 2. The van der Waals surface area contributed by atoms with E-state index in [0.717, 1.165) is 11.3 Å². The van der Waals surface area contributed by atoms with Gasteiger partial charge in [0.1, 0.15) is 23.7 Å². The first kappa shape index (κ1) is 23.0. The zero-order valence-corrected chi connectivity index (χ0v) is 18.5. The van der Waals surface area contributed by atoms with Crippen molar-refractivity contribution in [3.8, 4) is 11.4 Å². The minimum Gasteiger partial charge on any atom is -0.369 e. The van der Waals surface area contributed by atoms with Gasteiger partial charge in [-0.3, -0.25) is 19.7 Å². The molecule has 3 aromatic heterocycles. The zero-order valence-electron chi connectivity index (χ0n) is 17.5. The van der Waals surface area contributed by atoms with Crippen LogP contribution in [0.5, 0.6) is 0 Å². The molecular formula is C22H22FN7OS. The van der Waals surface area contributed by atoms with Crippen LogP contribution in [0.25, 0.3) is 22.3 Å². The Labute approximate surface area is 191 Å². The van der Waals surface area contributed by atoms with E-state index >= 15 is 0 Å². The van der Waals surface area contributed by atoms with E-state index < -0.39 is 11.7 Å². The number of aromatic nitrogens is 5. The van der Waals surface area contributed by atoms with Crippen LogP contribution in [0.15, 0.2) is 49.2 Å². The van der Waals surface area contributed by atoms with Crippen molar-refractivity contribution in [3.05, 3.63) is 71.8 Å². The number of amides is 1. The van der Waals surface area contributed by atoms with Crippen LogP contribution in [0.3, 0.4) is 0 Å². The van der Waals surface area contributed by atoms with Crippen molar-refractivity contribution in [2.75, 3.05) is 11.9 Å². The van der Waals surface area contributed by atoms with Crippen LogP contribution in [0.2, 0.25) is 0 Å². The molecule has 0 saturated heterocycles. The molecule has 0 aliphatic heterocycles. The van der Waals surface area contributed by atoms with Crippen LogP contribution in [0.1, 0.15) is 34.5 Å². The van der Waals surface area contributed by atoms with Gasteiger partial charge in [-0.2, -0.15) is 13.5 Å². The molecule has 4 rings (SSSR count). The highest BCUT2D eigenvalue weighted by molar-refractivity contribution is 7.59. The number of rotatable bonds is 6. The third-order valence-electron chi connectivity index (χ3n) is 4.97. The summed E-state index contributed by atoms with van der Waals surface area (Å²) in [7, 11) is 0. The monoisotopic (exact) mass is 451 g/mol. The molecule has 8 nitrogen and oxygen atoms in total. The van der Waals surface area contributed by atoms with Gasteiger partial charge in [-0.05, 0) is 24.6 Å². The molecule has 3 heterocycles. The Balaban J connectivity index is 0.00000289. The van der Waals surface area contributed by atoms with E-state index in [9.17, 15) is 9.18 Å². The van der Waals surface area contributed by atoms with Gasteiger partial charge in [0, 0.05) is 36.3 Å². The molecule has 0 fully saturated rings. The number of benzene rings is 1. The molecule has 0 saturated carbocycles. The molecule has 1 amide bonds. The van der Waals surface area contributed by atoms with Crippen molar-refractivity contribution in [2.45, 2.75) is 19.8 Å². The van der Waals surface area contributed by atoms with Gasteiger partial charge in [-0.25, -0.2) is 14.4 Å². The number of primary amides is 1. The first-order chi connectivity index (χ1) is 14.9. The van der Waals surface area contributed by atoms with Crippen LogP contribution in [-0.4, -0.2) is 37.4 Å². The van der Waals surface area contributed by atoms with Crippen molar-refractivity contribution in [1.82, 2.24) is 24.9 Å². The van der Waals surface area contributed by atoms with Gasteiger partial charge in [0.05, 0.1) is 28.7 Å². The van der Waals surface area contributed by atoms with Crippen LogP contribution in [0.4, 0.5) is 10.2 Å². The first-order valence-corrected chi connectivity index (χ1v) is 9.66. The molecule has 1 aromatic carbocycles. The van der Waals surface area contributed by atoms with Crippen molar-refractivity contribution in [2.24, 2.45) is 5.73 Å². The second-order valence-electron chi connectivity index (χ2n) is 7.20. The number of fused-ring (bicyclic) bond motifs is 1. The molecule has 0 aliphatic rings. The molecule has 3 N–H and O–H groups in total. The molecule has 10 heteroatoms. The van der Waals surface area contributed by atoms with E-state index in [1.165, 1.54) is 24.7 Å². The minimum absolute atomic E-state index is 0. The molecular weight excluding hydrogens is 429 g/mol. The van der Waals surface area contributed by atoms with Crippen molar-refractivity contribution in [3.63, 3.8) is 0 Å². The maximum atomic E-state index is 14.4. The lowest BCUT2D eigenvalue weighted by Gasteiger charge is -2.16. The third kappa shape index (κ3) is 4.65. The van der Waals surface area contributed by atoms with Gasteiger partial charge >= 0.3 is 0 Å². The molecule has 0 spiro atoms. The lowest BCUT2D eigenvalue weighted by Crippen LogP contribution is -2.14. The summed E-state index contributed by atoms with van der Waals surface area (Å²) >= 11 is 0. The van der Waals surface area contributed by atoms with Crippen molar-refractivity contribution in [1.29, 1.82) is 0 Å². The summed E-state index contributed by atoms with van der Waals surface area (Å²) in [5, 5.41) is 3.41. The maximum absolute atomic E-state index is 14.4. The molecule has 32 heavy (non-hydrogen) atoms. The summed E-state index contributed by atoms with van der Waals surface area (Å²) in [5.74, 6) is -0.657. The Hall–Kier alpha value is -3.66. The lowest BCUT2D eigenvalue weighted by atomic mass is 9.95. The number of aryl methyl sites for hydroxylation is 1. The summed E-state index contributed by atoms with van der Waals surface area (Å²) in [5.41, 5.74) is 8.87. The second-order valence-corrected chi connectivity index (χ2v) is 7.20. The number of nitrogens with two attached hydrogens (primary N) is 1. The van der Waals surface area contributed by atoms with Crippen molar-refractivity contribution < 1.29 is 9.18 Å². The number of pyridine rings is 1. The first-order valence-electron chi connectivity index (χ1n) is 9.66. The van der Waals surface area contributed by atoms with E-state index in [2.05, 4.69) is 30.2 Å². The van der Waals surface area contributed by atoms with E-state index in [0.29, 0.717) is 29.3 Å². The fraction of sp³-hybridized carbons (Fsp3) is 0.182. The molecule has 1 atom stereocenters. The average Bonchev–Trinajstić information content (AvgIpc) is 2.78. The van der Waals surface area contributed by atoms with Gasteiger partial charge < -0.3 is 11.1 Å². The fourth-order valence-corrected chi connectivity index (χ4v) is 3.34. The Morgan fingerprint density at radius 3 is 2.62 bits per heavy atom. The molecule has 0 aliphatic carbocycles. The summed E-state index contributed by atoms with van der Waals surface area (Å²) in [4.78, 5) is 33.1. The van der Waals surface area contributed by atoms with Gasteiger partial charge in [-0.15, -0.1) is 0 Å². The summed E-state index contributed by atoms with van der Waals surface area (Å²) in [6, 6.07) is 6.23. The molecule has 0 bridgehead atoms. The van der Waals surface area contributed by atoms with E-state index in [-0.39, 0.29) is 30.4 Å². The van der Waals surface area contributed by atoms with Crippen LogP contribution in [0, 0.1) is 12.7 Å². The minimum atomic E-state index is -0.693. The second kappa shape index (κ2) is 9.65. The smallest absolute Gasteiger partial charge is 0.249 e. The van der Waals surface area contributed by atoms with Crippen LogP contribution < -0.4 is 11.1 Å². The third-order valence-corrected chi connectivity index (χ3v) is 4.97.